The molecule has 1 saturated heterocycles. The molecule has 0 spiro atoms. The van der Waals surface area contributed by atoms with Crippen molar-refractivity contribution in [3.05, 3.63) is 53.7 Å². The van der Waals surface area contributed by atoms with Gasteiger partial charge < -0.3 is 4.90 Å². The number of halogens is 3. The molecule has 1 aliphatic heterocycles. The second-order valence-corrected chi connectivity index (χ2v) is 6.53. The Morgan fingerprint density at radius 2 is 1.54 bits per heavy atom. The largest absolute Gasteiger partial charge is 0.418 e. The van der Waals surface area contributed by atoms with Crippen molar-refractivity contribution in [1.29, 1.82) is 0 Å². The van der Waals surface area contributed by atoms with Gasteiger partial charge >= 0.3 is 6.18 Å². The lowest BCUT2D eigenvalue weighted by Gasteiger charge is -2.25. The van der Waals surface area contributed by atoms with Crippen LogP contribution in [0.3, 0.4) is 0 Å². The summed E-state index contributed by atoms with van der Waals surface area (Å²) in [6.45, 7) is 1.47. The number of nitrogens with zero attached hydrogens (tertiary/aromatic N) is 2. The fourth-order valence-electron chi connectivity index (χ4n) is 3.27. The molecule has 1 aliphatic rings. The second kappa shape index (κ2) is 7.89. The highest BCUT2D eigenvalue weighted by Gasteiger charge is 2.34. The maximum absolute atomic E-state index is 13.2. The molecule has 3 rings (SSSR count). The van der Waals surface area contributed by atoms with Crippen LogP contribution in [0.5, 0.6) is 0 Å². The normalized spacial score (nSPS) is 16.0. The Hall–Kier alpha value is -2.37. The van der Waals surface area contributed by atoms with Gasteiger partial charge in [0.15, 0.2) is 0 Å². The first kappa shape index (κ1) is 18.4. The summed E-state index contributed by atoms with van der Waals surface area (Å²) in [7, 11) is 0. The molecule has 0 aliphatic carbocycles. The highest BCUT2D eigenvalue weighted by molar-refractivity contribution is 5.94. The van der Waals surface area contributed by atoms with E-state index in [1.165, 1.54) is 30.8 Å². The van der Waals surface area contributed by atoms with Crippen LogP contribution in [0.2, 0.25) is 0 Å². The number of carbonyl (C=O) groups is 1. The molecule has 26 heavy (non-hydrogen) atoms. The minimum atomic E-state index is -4.47. The summed E-state index contributed by atoms with van der Waals surface area (Å²) in [6, 6.07) is 8.54. The maximum atomic E-state index is 13.2. The number of benzene rings is 1. The third-order valence-corrected chi connectivity index (χ3v) is 4.66. The summed E-state index contributed by atoms with van der Waals surface area (Å²) in [5.41, 5.74) is -0.0472. The van der Waals surface area contributed by atoms with Crippen LogP contribution < -0.4 is 0 Å². The molecule has 0 bridgehead atoms. The van der Waals surface area contributed by atoms with E-state index >= 15 is 0 Å². The molecule has 1 aromatic heterocycles. The van der Waals surface area contributed by atoms with Crippen LogP contribution in [0.4, 0.5) is 13.2 Å². The van der Waals surface area contributed by atoms with Crippen LogP contribution in [0.25, 0.3) is 11.3 Å². The van der Waals surface area contributed by atoms with E-state index < -0.39 is 11.7 Å². The monoisotopic (exact) mass is 362 g/mol. The second-order valence-electron chi connectivity index (χ2n) is 6.53. The van der Waals surface area contributed by atoms with Crippen LogP contribution in [0.15, 0.2) is 42.6 Å². The highest BCUT2D eigenvalue weighted by Crippen LogP contribution is 2.35. The number of pyridine rings is 1. The molecule has 1 fully saturated rings. The Labute approximate surface area is 150 Å². The summed E-state index contributed by atoms with van der Waals surface area (Å²) < 4.78 is 39.5. The molecule has 6 heteroatoms. The van der Waals surface area contributed by atoms with Gasteiger partial charge in [0.1, 0.15) is 0 Å². The Morgan fingerprint density at radius 3 is 2.15 bits per heavy atom. The van der Waals surface area contributed by atoms with Gasteiger partial charge in [-0.25, -0.2) is 0 Å². The van der Waals surface area contributed by atoms with Gasteiger partial charge in [0.25, 0.3) is 5.91 Å². The minimum absolute atomic E-state index is 0.0597. The van der Waals surface area contributed by atoms with Gasteiger partial charge in [-0.05, 0) is 37.1 Å². The van der Waals surface area contributed by atoms with Gasteiger partial charge in [-0.3, -0.25) is 9.78 Å². The molecule has 2 aromatic rings. The van der Waals surface area contributed by atoms with Gasteiger partial charge in [-0.2, -0.15) is 13.2 Å². The molecule has 2 heterocycles. The van der Waals surface area contributed by atoms with Crippen LogP contribution in [0, 0.1) is 0 Å². The molecule has 1 aromatic carbocycles. The molecule has 0 saturated carbocycles. The summed E-state index contributed by atoms with van der Waals surface area (Å²) in [6.07, 6.45) is 2.32. The first-order valence-electron chi connectivity index (χ1n) is 8.89. The van der Waals surface area contributed by atoms with Gasteiger partial charge in [0.05, 0.1) is 11.3 Å². The van der Waals surface area contributed by atoms with Crippen molar-refractivity contribution in [2.75, 3.05) is 13.1 Å². The van der Waals surface area contributed by atoms with Gasteiger partial charge in [-0.15, -0.1) is 0 Å². The third kappa shape index (κ3) is 4.23. The van der Waals surface area contributed by atoms with Crippen molar-refractivity contribution in [2.45, 2.75) is 38.3 Å². The molecule has 0 N–H and O–H groups in total. The molecular weight excluding hydrogens is 341 g/mol. The van der Waals surface area contributed by atoms with Crippen LogP contribution in [0.1, 0.15) is 48.0 Å². The lowest BCUT2D eigenvalue weighted by molar-refractivity contribution is -0.137. The number of aromatic nitrogens is 1. The van der Waals surface area contributed by atoms with Crippen molar-refractivity contribution in [3.8, 4) is 11.3 Å². The molecule has 138 valence electrons. The van der Waals surface area contributed by atoms with Crippen LogP contribution in [-0.4, -0.2) is 28.9 Å². The number of rotatable bonds is 2. The van der Waals surface area contributed by atoms with E-state index in [9.17, 15) is 18.0 Å². The van der Waals surface area contributed by atoms with E-state index in [2.05, 4.69) is 4.98 Å². The lowest BCUT2D eigenvalue weighted by atomic mass is 10.0. The number of likely N-dealkylation sites (tertiary alicyclic amines) is 1. The van der Waals surface area contributed by atoms with Crippen molar-refractivity contribution < 1.29 is 18.0 Å². The zero-order chi connectivity index (χ0) is 18.6. The smallest absolute Gasteiger partial charge is 0.339 e. The van der Waals surface area contributed by atoms with Crippen molar-refractivity contribution >= 4 is 5.91 Å². The number of alkyl halides is 3. The van der Waals surface area contributed by atoms with Gasteiger partial charge in [0.2, 0.25) is 0 Å². The van der Waals surface area contributed by atoms with E-state index in [0.29, 0.717) is 11.1 Å². The molecule has 0 atom stereocenters. The summed E-state index contributed by atoms with van der Waals surface area (Å²) in [4.78, 5) is 18.4. The van der Waals surface area contributed by atoms with Gasteiger partial charge in [0, 0.05) is 30.4 Å². The van der Waals surface area contributed by atoms with E-state index in [1.54, 1.807) is 12.1 Å². The quantitative estimate of drug-likeness (QED) is 0.738. The van der Waals surface area contributed by atoms with Crippen molar-refractivity contribution in [3.63, 3.8) is 0 Å². The fraction of sp³-hybridized carbons (Fsp3) is 0.400. The summed E-state index contributed by atoms with van der Waals surface area (Å²) in [5, 5.41) is 0. The number of hydrogen-bond acceptors (Lipinski definition) is 2. The van der Waals surface area contributed by atoms with Gasteiger partial charge in [-0.1, -0.05) is 31.4 Å². The Bertz CT molecular complexity index is 748. The van der Waals surface area contributed by atoms with E-state index in [0.717, 1.165) is 44.8 Å². The minimum Gasteiger partial charge on any atom is -0.339 e. The highest BCUT2D eigenvalue weighted by atomic mass is 19.4. The summed E-state index contributed by atoms with van der Waals surface area (Å²) in [5.74, 6) is -0.0597. The Kier molecular flexibility index (Phi) is 5.59. The lowest BCUT2D eigenvalue weighted by Crippen LogP contribution is -2.33. The predicted octanol–water partition coefficient (Wildman–Crippen LogP) is 5.17. The zero-order valence-electron chi connectivity index (χ0n) is 14.4. The third-order valence-electron chi connectivity index (χ3n) is 4.66. The first-order valence-corrected chi connectivity index (χ1v) is 8.89. The molecule has 3 nitrogen and oxygen atoms in total. The molecule has 0 radical (unpaired) electrons. The van der Waals surface area contributed by atoms with Crippen LogP contribution >= 0.6 is 0 Å². The fourth-order valence-corrected chi connectivity index (χ4v) is 3.27. The van der Waals surface area contributed by atoms with Crippen LogP contribution in [-0.2, 0) is 6.18 Å². The Balaban J connectivity index is 1.82. The average Bonchev–Trinajstić information content (AvgIpc) is 2.60. The summed E-state index contributed by atoms with van der Waals surface area (Å²) >= 11 is 0. The standard InChI is InChI=1S/C20H21F3N2O/c21-20(22,23)17-7-6-12-24-18(17)15-8-10-16(11-9-15)19(26)25-13-4-2-1-3-5-14-25/h6-12H,1-5,13-14H2. The first-order chi connectivity index (χ1) is 12.5. The molecule has 1 amide bonds. The van der Waals surface area contributed by atoms with E-state index in [4.69, 9.17) is 0 Å². The average molecular weight is 362 g/mol. The van der Waals surface area contributed by atoms with E-state index in [1.807, 2.05) is 4.90 Å². The van der Waals surface area contributed by atoms with Crippen molar-refractivity contribution in [2.24, 2.45) is 0 Å². The maximum Gasteiger partial charge on any atom is 0.418 e. The topological polar surface area (TPSA) is 33.2 Å². The SMILES string of the molecule is O=C(c1ccc(-c2ncccc2C(F)(F)F)cc1)N1CCCCCCC1. The van der Waals surface area contributed by atoms with E-state index in [-0.39, 0.29) is 11.6 Å². The number of hydrogen-bond donors (Lipinski definition) is 0. The Morgan fingerprint density at radius 1 is 0.923 bits per heavy atom. The number of carbonyl (C=O) groups excluding carboxylic acids is 1. The predicted molar refractivity (Wildman–Crippen MR) is 93.7 cm³/mol. The molecule has 0 unspecified atom stereocenters. The molecular formula is C20H21F3N2O. The number of amides is 1. The zero-order valence-corrected chi connectivity index (χ0v) is 14.4. The van der Waals surface area contributed by atoms with Crippen molar-refractivity contribution in [1.82, 2.24) is 9.88 Å².